The predicted octanol–water partition coefficient (Wildman–Crippen LogP) is 2.48. The maximum Gasteiger partial charge on any atom is 0.0227 e. The van der Waals surface area contributed by atoms with E-state index >= 15 is 0 Å². The van der Waals surface area contributed by atoms with Crippen molar-refractivity contribution < 1.29 is 0 Å². The third-order valence-corrected chi connectivity index (χ3v) is 1.19. The molecule has 0 fully saturated rings. The molecule has 1 heteroatoms. The lowest BCUT2D eigenvalue weighted by Crippen LogP contribution is -1.51. The van der Waals surface area contributed by atoms with Gasteiger partial charge in [-0.15, -0.1) is 0 Å². The average Bonchev–Trinajstić information content (AvgIpc) is 2.67. The second-order valence-corrected chi connectivity index (χ2v) is 2.04. The van der Waals surface area contributed by atoms with Crippen LogP contribution in [0.15, 0.2) is 41.6 Å². The number of hydrogen-bond donors (Lipinski definition) is 0. The van der Waals surface area contributed by atoms with Gasteiger partial charge in [0.25, 0.3) is 0 Å². The standard InChI is InChI=1S/C5H6.C4H5N/c2*1-2-4-5-3-1/h1-4H,5H2;1,3-4H,2H2. The molecule has 1 nitrogen and oxygen atoms in total. The van der Waals surface area contributed by atoms with E-state index in [9.17, 15) is 0 Å². The molecule has 0 saturated carbocycles. The van der Waals surface area contributed by atoms with Gasteiger partial charge in [-0.1, -0.05) is 30.4 Å². The monoisotopic (exact) mass is 133 g/mol. The van der Waals surface area contributed by atoms with E-state index in [1.165, 1.54) is 0 Å². The Morgan fingerprint density at radius 3 is 1.90 bits per heavy atom. The summed E-state index contributed by atoms with van der Waals surface area (Å²) in [6, 6.07) is 0. The van der Waals surface area contributed by atoms with Crippen molar-refractivity contribution in [2.45, 2.75) is 12.8 Å². The maximum absolute atomic E-state index is 3.78. The molecule has 0 aromatic carbocycles. The molecule has 0 atom stereocenters. The quantitative estimate of drug-likeness (QED) is 0.481. The summed E-state index contributed by atoms with van der Waals surface area (Å²) in [6.07, 6.45) is 16.2. The van der Waals surface area contributed by atoms with Crippen molar-refractivity contribution in [1.82, 2.24) is 0 Å². The van der Waals surface area contributed by atoms with Gasteiger partial charge in [0.05, 0.1) is 0 Å². The molecule has 10 heavy (non-hydrogen) atoms. The number of aliphatic imine (C=N–C) groups is 1. The Morgan fingerprint density at radius 2 is 1.70 bits per heavy atom. The molecule has 0 saturated heterocycles. The second-order valence-electron chi connectivity index (χ2n) is 2.04. The zero-order chi connectivity index (χ0) is 7.07. The van der Waals surface area contributed by atoms with E-state index in [0.717, 1.165) is 12.8 Å². The summed E-state index contributed by atoms with van der Waals surface area (Å²) in [5.41, 5.74) is 0. The minimum Gasteiger partial charge on any atom is -0.269 e. The van der Waals surface area contributed by atoms with Gasteiger partial charge in [0, 0.05) is 18.8 Å². The van der Waals surface area contributed by atoms with E-state index in [1.807, 2.05) is 12.3 Å². The Kier molecular flexibility index (Phi) is 3.32. The zero-order valence-corrected chi connectivity index (χ0v) is 5.90. The lowest BCUT2D eigenvalue weighted by molar-refractivity contribution is 1.45. The fourth-order valence-corrected chi connectivity index (χ4v) is 0.697. The van der Waals surface area contributed by atoms with Gasteiger partial charge in [0.15, 0.2) is 0 Å². The lowest BCUT2D eigenvalue weighted by atomic mass is 10.5. The summed E-state index contributed by atoms with van der Waals surface area (Å²) < 4.78 is 0. The first-order valence-corrected chi connectivity index (χ1v) is 3.48. The first kappa shape index (κ1) is 7.00. The van der Waals surface area contributed by atoms with Crippen molar-refractivity contribution in [3.05, 3.63) is 36.6 Å². The lowest BCUT2D eigenvalue weighted by Gasteiger charge is -1.57. The molecule has 0 radical (unpaired) electrons. The van der Waals surface area contributed by atoms with Crippen LogP contribution >= 0.6 is 0 Å². The summed E-state index contributed by atoms with van der Waals surface area (Å²) in [5, 5.41) is 0. The van der Waals surface area contributed by atoms with Crippen LogP contribution in [0, 0.1) is 0 Å². The summed E-state index contributed by atoms with van der Waals surface area (Å²) in [6.45, 7) is 0. The highest BCUT2D eigenvalue weighted by Crippen LogP contribution is 1.93. The van der Waals surface area contributed by atoms with Crippen LogP contribution in [0.25, 0.3) is 0 Å². The van der Waals surface area contributed by atoms with Gasteiger partial charge in [0.2, 0.25) is 0 Å². The Hall–Kier alpha value is -1.11. The molecule has 1 heterocycles. The number of rotatable bonds is 0. The molecule has 0 bridgehead atoms. The minimum atomic E-state index is 1.03. The molecule has 0 N–H and O–H groups in total. The first-order chi connectivity index (χ1) is 5.00. The van der Waals surface area contributed by atoms with Crippen molar-refractivity contribution in [3.8, 4) is 0 Å². The van der Waals surface area contributed by atoms with Gasteiger partial charge in [-0.3, -0.25) is 4.99 Å². The SMILES string of the molecule is C1=CCC=C1.C1=CN=CC1. The average molecular weight is 133 g/mol. The van der Waals surface area contributed by atoms with E-state index in [4.69, 9.17) is 0 Å². The molecule has 2 rings (SSSR count). The summed E-state index contributed by atoms with van der Waals surface area (Å²) in [5.74, 6) is 0. The third kappa shape index (κ3) is 3.02. The van der Waals surface area contributed by atoms with E-state index in [1.54, 1.807) is 6.20 Å². The van der Waals surface area contributed by atoms with E-state index in [0.29, 0.717) is 0 Å². The van der Waals surface area contributed by atoms with Gasteiger partial charge >= 0.3 is 0 Å². The highest BCUT2D eigenvalue weighted by Gasteiger charge is 1.73. The number of allylic oxidation sites excluding steroid dienone is 5. The Balaban J connectivity index is 0.0000001000. The molecule has 0 amide bonds. The van der Waals surface area contributed by atoms with Crippen molar-refractivity contribution >= 4 is 6.21 Å². The van der Waals surface area contributed by atoms with Gasteiger partial charge in [0.1, 0.15) is 0 Å². The van der Waals surface area contributed by atoms with Crippen LogP contribution in [0.1, 0.15) is 12.8 Å². The van der Waals surface area contributed by atoms with Crippen LogP contribution in [0.5, 0.6) is 0 Å². The second kappa shape index (κ2) is 4.74. The van der Waals surface area contributed by atoms with Crippen LogP contribution in [-0.2, 0) is 0 Å². The van der Waals surface area contributed by atoms with E-state index in [2.05, 4.69) is 29.3 Å². The summed E-state index contributed by atoms with van der Waals surface area (Å²) in [4.78, 5) is 3.78. The third-order valence-electron chi connectivity index (χ3n) is 1.19. The van der Waals surface area contributed by atoms with Crippen molar-refractivity contribution in [1.29, 1.82) is 0 Å². The van der Waals surface area contributed by atoms with Gasteiger partial charge in [-0.05, 0) is 6.42 Å². The highest BCUT2D eigenvalue weighted by molar-refractivity contribution is 5.62. The van der Waals surface area contributed by atoms with Gasteiger partial charge < -0.3 is 0 Å². The van der Waals surface area contributed by atoms with Crippen LogP contribution in [0.4, 0.5) is 0 Å². The Labute approximate surface area is 61.5 Å². The summed E-state index contributed by atoms with van der Waals surface area (Å²) in [7, 11) is 0. The first-order valence-electron chi connectivity index (χ1n) is 3.48. The smallest absolute Gasteiger partial charge is 0.0227 e. The zero-order valence-electron chi connectivity index (χ0n) is 5.90. The molecule has 0 aromatic heterocycles. The molecular formula is C9H11N. The normalized spacial score (nSPS) is 17.6. The molecule has 0 unspecified atom stereocenters. The fourth-order valence-electron chi connectivity index (χ4n) is 0.697. The molecular weight excluding hydrogens is 122 g/mol. The number of hydrogen-bond acceptors (Lipinski definition) is 1. The van der Waals surface area contributed by atoms with Gasteiger partial charge in [-0.2, -0.15) is 0 Å². The van der Waals surface area contributed by atoms with Crippen molar-refractivity contribution in [3.63, 3.8) is 0 Å². The molecule has 1 aliphatic carbocycles. The Bertz CT molecular complexity index is 143. The molecule has 2 aliphatic rings. The van der Waals surface area contributed by atoms with Crippen LogP contribution in [0.2, 0.25) is 0 Å². The summed E-state index contributed by atoms with van der Waals surface area (Å²) >= 11 is 0. The molecule has 0 aromatic rings. The fraction of sp³-hybridized carbons (Fsp3) is 0.222. The van der Waals surface area contributed by atoms with Gasteiger partial charge in [-0.25, -0.2) is 0 Å². The predicted molar refractivity (Wildman–Crippen MR) is 45.1 cm³/mol. The topological polar surface area (TPSA) is 12.4 Å². The Morgan fingerprint density at radius 1 is 0.900 bits per heavy atom. The van der Waals surface area contributed by atoms with E-state index in [-0.39, 0.29) is 0 Å². The minimum absolute atomic E-state index is 1.03. The highest BCUT2D eigenvalue weighted by atomic mass is 14.7. The van der Waals surface area contributed by atoms with Crippen LogP contribution in [-0.4, -0.2) is 6.21 Å². The maximum atomic E-state index is 3.78. The molecule has 0 spiro atoms. The van der Waals surface area contributed by atoms with Crippen LogP contribution < -0.4 is 0 Å². The van der Waals surface area contributed by atoms with Crippen molar-refractivity contribution in [2.24, 2.45) is 4.99 Å². The molecule has 1 aliphatic heterocycles. The number of nitrogens with zero attached hydrogens (tertiary/aromatic N) is 1. The molecule has 52 valence electrons. The van der Waals surface area contributed by atoms with Crippen molar-refractivity contribution in [2.75, 3.05) is 0 Å². The van der Waals surface area contributed by atoms with E-state index < -0.39 is 0 Å². The largest absolute Gasteiger partial charge is 0.269 e. The van der Waals surface area contributed by atoms with Crippen LogP contribution in [0.3, 0.4) is 0 Å².